The number of anilines is 1. The molecule has 144 valence electrons. The van der Waals surface area contributed by atoms with Crippen LogP contribution < -0.4 is 10.1 Å². The zero-order valence-corrected chi connectivity index (χ0v) is 15.8. The molecule has 9 heteroatoms. The van der Waals surface area contributed by atoms with Crippen molar-refractivity contribution in [3.05, 3.63) is 58.1 Å². The monoisotopic (exact) mass is 392 g/mol. The number of methoxy groups -OCH3 is 1. The summed E-state index contributed by atoms with van der Waals surface area (Å²) in [5.74, 6) is -0.343. The molecule has 2 aromatic rings. The van der Waals surface area contributed by atoms with Gasteiger partial charge in [-0.2, -0.15) is 0 Å². The standard InChI is InChI=1S/C18H20N2O6S/c1-13-5-8-15(9-6-13)27(24,25)11-3-4-18(21)19-16-12-14(20(22)23)7-10-17(16)26-2/h5-10,12H,3-4,11H2,1-2H3,(H,19,21). The zero-order valence-electron chi connectivity index (χ0n) is 15.0. The van der Waals surface area contributed by atoms with E-state index in [1.807, 2.05) is 6.92 Å². The van der Waals surface area contributed by atoms with Crippen molar-refractivity contribution in [2.75, 3.05) is 18.2 Å². The first kappa shape index (κ1) is 20.4. The fraction of sp³-hybridized carbons (Fsp3) is 0.278. The van der Waals surface area contributed by atoms with Gasteiger partial charge in [0.25, 0.3) is 5.69 Å². The second-order valence-electron chi connectivity index (χ2n) is 5.93. The number of hydrogen-bond donors (Lipinski definition) is 1. The average Bonchev–Trinajstić information content (AvgIpc) is 2.61. The number of sulfone groups is 1. The highest BCUT2D eigenvalue weighted by Gasteiger charge is 2.17. The maximum atomic E-state index is 12.3. The fourth-order valence-electron chi connectivity index (χ4n) is 2.41. The highest BCUT2D eigenvalue weighted by atomic mass is 32.2. The minimum absolute atomic E-state index is 0.0447. The van der Waals surface area contributed by atoms with Crippen molar-refractivity contribution >= 4 is 27.1 Å². The van der Waals surface area contributed by atoms with E-state index in [1.165, 1.54) is 25.3 Å². The van der Waals surface area contributed by atoms with Crippen LogP contribution in [-0.2, 0) is 14.6 Å². The summed E-state index contributed by atoms with van der Waals surface area (Å²) in [5, 5.41) is 13.4. The van der Waals surface area contributed by atoms with Crippen LogP contribution in [-0.4, -0.2) is 32.1 Å². The van der Waals surface area contributed by atoms with Crippen LogP contribution in [0.4, 0.5) is 11.4 Å². The molecular formula is C18H20N2O6S. The number of amides is 1. The smallest absolute Gasteiger partial charge is 0.271 e. The molecule has 0 aliphatic carbocycles. The van der Waals surface area contributed by atoms with Gasteiger partial charge in [0, 0.05) is 18.6 Å². The van der Waals surface area contributed by atoms with Crippen LogP contribution in [0.25, 0.3) is 0 Å². The van der Waals surface area contributed by atoms with Gasteiger partial charge in [0.2, 0.25) is 5.91 Å². The number of non-ortho nitro benzene ring substituents is 1. The third kappa shape index (κ3) is 5.52. The molecule has 1 N–H and O–H groups in total. The van der Waals surface area contributed by atoms with E-state index >= 15 is 0 Å². The van der Waals surface area contributed by atoms with Gasteiger partial charge < -0.3 is 10.1 Å². The van der Waals surface area contributed by atoms with Gasteiger partial charge >= 0.3 is 0 Å². The minimum atomic E-state index is -3.47. The molecule has 0 aliphatic heterocycles. The molecule has 8 nitrogen and oxygen atoms in total. The molecule has 0 unspecified atom stereocenters. The van der Waals surface area contributed by atoms with E-state index < -0.39 is 20.7 Å². The van der Waals surface area contributed by atoms with Crippen LogP contribution in [0.5, 0.6) is 5.75 Å². The molecule has 0 spiro atoms. The lowest BCUT2D eigenvalue weighted by Gasteiger charge is -2.10. The summed E-state index contributed by atoms with van der Waals surface area (Å²) < 4.78 is 29.6. The maximum absolute atomic E-state index is 12.3. The van der Waals surface area contributed by atoms with E-state index in [0.29, 0.717) is 0 Å². The van der Waals surface area contributed by atoms with Crippen molar-refractivity contribution in [2.24, 2.45) is 0 Å². The molecule has 0 aliphatic rings. The molecule has 2 aromatic carbocycles. The van der Waals surface area contributed by atoms with Gasteiger partial charge in [0.1, 0.15) is 5.75 Å². The van der Waals surface area contributed by atoms with Gasteiger partial charge in [0.15, 0.2) is 9.84 Å². The quantitative estimate of drug-likeness (QED) is 0.545. The molecule has 27 heavy (non-hydrogen) atoms. The number of carbonyl (C=O) groups is 1. The maximum Gasteiger partial charge on any atom is 0.271 e. The number of hydrogen-bond acceptors (Lipinski definition) is 6. The number of rotatable bonds is 8. The van der Waals surface area contributed by atoms with E-state index in [0.717, 1.165) is 5.56 Å². The topological polar surface area (TPSA) is 116 Å². The van der Waals surface area contributed by atoms with E-state index in [4.69, 9.17) is 4.74 Å². The lowest BCUT2D eigenvalue weighted by Crippen LogP contribution is -2.15. The van der Waals surface area contributed by atoms with Crippen LogP contribution in [0, 0.1) is 17.0 Å². The number of ether oxygens (including phenoxy) is 1. The van der Waals surface area contributed by atoms with Crippen molar-refractivity contribution in [2.45, 2.75) is 24.7 Å². The van der Waals surface area contributed by atoms with Gasteiger partial charge in [-0.1, -0.05) is 17.7 Å². The third-order valence-corrected chi connectivity index (χ3v) is 5.68. The Bertz CT molecular complexity index is 939. The number of nitro benzene ring substituents is 1. The second-order valence-corrected chi connectivity index (χ2v) is 8.03. The van der Waals surface area contributed by atoms with E-state index in [2.05, 4.69) is 5.32 Å². The summed E-state index contributed by atoms with van der Waals surface area (Å²) in [5.41, 5.74) is 0.936. The molecule has 0 bridgehead atoms. The number of benzene rings is 2. The Morgan fingerprint density at radius 3 is 2.44 bits per heavy atom. The first-order chi connectivity index (χ1) is 12.7. The van der Waals surface area contributed by atoms with Crippen molar-refractivity contribution in [1.82, 2.24) is 0 Å². The number of aryl methyl sites for hydroxylation is 1. The van der Waals surface area contributed by atoms with E-state index in [-0.39, 0.29) is 40.6 Å². The molecular weight excluding hydrogens is 372 g/mol. The number of nitro groups is 1. The van der Waals surface area contributed by atoms with Gasteiger partial charge in [0.05, 0.1) is 28.4 Å². The van der Waals surface area contributed by atoms with Crippen molar-refractivity contribution in [1.29, 1.82) is 0 Å². The Balaban J connectivity index is 1.97. The van der Waals surface area contributed by atoms with Gasteiger partial charge in [-0.3, -0.25) is 14.9 Å². The highest BCUT2D eigenvalue weighted by Crippen LogP contribution is 2.29. The Hall–Kier alpha value is -2.94. The molecule has 0 radical (unpaired) electrons. The normalized spacial score (nSPS) is 11.0. The first-order valence-corrected chi connectivity index (χ1v) is 9.80. The Morgan fingerprint density at radius 2 is 1.85 bits per heavy atom. The molecule has 1 amide bonds. The molecule has 0 saturated carbocycles. The van der Waals surface area contributed by atoms with Crippen LogP contribution in [0.1, 0.15) is 18.4 Å². The van der Waals surface area contributed by atoms with Crippen LogP contribution in [0.2, 0.25) is 0 Å². The average molecular weight is 392 g/mol. The zero-order chi connectivity index (χ0) is 20.0. The van der Waals surface area contributed by atoms with Crippen LogP contribution in [0.3, 0.4) is 0 Å². The Labute approximate surface area is 157 Å². The molecule has 0 saturated heterocycles. The van der Waals surface area contributed by atoms with E-state index in [9.17, 15) is 23.3 Å². The highest BCUT2D eigenvalue weighted by molar-refractivity contribution is 7.91. The fourth-order valence-corrected chi connectivity index (χ4v) is 3.72. The van der Waals surface area contributed by atoms with Gasteiger partial charge in [-0.25, -0.2) is 8.42 Å². The Morgan fingerprint density at radius 1 is 1.19 bits per heavy atom. The predicted octanol–water partition coefficient (Wildman–Crippen LogP) is 3.10. The summed E-state index contributed by atoms with van der Waals surface area (Å²) >= 11 is 0. The molecule has 0 fully saturated rings. The Kier molecular flexibility index (Phi) is 6.51. The predicted molar refractivity (Wildman–Crippen MR) is 101 cm³/mol. The summed E-state index contributed by atoms with van der Waals surface area (Å²) in [4.78, 5) is 22.6. The lowest BCUT2D eigenvalue weighted by molar-refractivity contribution is -0.384. The largest absolute Gasteiger partial charge is 0.495 e. The first-order valence-electron chi connectivity index (χ1n) is 8.14. The van der Waals surface area contributed by atoms with Crippen LogP contribution in [0.15, 0.2) is 47.4 Å². The van der Waals surface area contributed by atoms with Crippen molar-refractivity contribution < 1.29 is 22.9 Å². The summed E-state index contributed by atoms with van der Waals surface area (Å²) in [6.45, 7) is 1.86. The van der Waals surface area contributed by atoms with Gasteiger partial charge in [-0.15, -0.1) is 0 Å². The lowest BCUT2D eigenvalue weighted by atomic mass is 10.2. The number of carbonyl (C=O) groups excluding carboxylic acids is 1. The molecule has 0 atom stereocenters. The van der Waals surface area contributed by atoms with Crippen molar-refractivity contribution in [3.63, 3.8) is 0 Å². The molecule has 2 rings (SSSR count). The third-order valence-electron chi connectivity index (χ3n) is 3.86. The summed E-state index contributed by atoms with van der Waals surface area (Å²) in [7, 11) is -2.09. The minimum Gasteiger partial charge on any atom is -0.495 e. The summed E-state index contributed by atoms with van der Waals surface area (Å²) in [6.07, 6.45) is 0.0796. The van der Waals surface area contributed by atoms with Gasteiger partial charge in [-0.05, 0) is 31.5 Å². The molecule has 0 heterocycles. The number of nitrogens with zero attached hydrogens (tertiary/aromatic N) is 1. The SMILES string of the molecule is COc1ccc([N+](=O)[O-])cc1NC(=O)CCCS(=O)(=O)c1ccc(C)cc1. The molecule has 0 aromatic heterocycles. The van der Waals surface area contributed by atoms with E-state index in [1.54, 1.807) is 24.3 Å². The second kappa shape index (κ2) is 8.63. The number of nitrogens with one attached hydrogen (secondary N) is 1. The van der Waals surface area contributed by atoms with Crippen LogP contribution >= 0.6 is 0 Å². The summed E-state index contributed by atoms with van der Waals surface area (Å²) in [6, 6.07) is 10.4. The van der Waals surface area contributed by atoms with Crippen molar-refractivity contribution in [3.8, 4) is 5.75 Å².